The Morgan fingerprint density at radius 2 is 2.46 bits per heavy atom. The zero-order chi connectivity index (χ0) is 9.10. The average Bonchev–Trinajstić information content (AvgIpc) is 2.76. The minimum Gasteiger partial charge on any atom is -0.381 e. The summed E-state index contributed by atoms with van der Waals surface area (Å²) in [6, 6.07) is 0. The first-order chi connectivity index (χ1) is 6.38. The van der Waals surface area contributed by atoms with Crippen LogP contribution in [0.2, 0.25) is 0 Å². The zero-order valence-electron chi connectivity index (χ0n) is 7.82. The lowest BCUT2D eigenvalue weighted by Gasteiger charge is -2.00. The second-order valence-corrected chi connectivity index (χ2v) is 3.39. The summed E-state index contributed by atoms with van der Waals surface area (Å²) in [6.07, 6.45) is 2.82. The summed E-state index contributed by atoms with van der Waals surface area (Å²) in [4.78, 5) is 4.26. The molecular formula is C9H14N2O2. The molecule has 0 N–H and O–H groups in total. The molecule has 1 fully saturated rings. The van der Waals surface area contributed by atoms with Gasteiger partial charge in [-0.3, -0.25) is 0 Å². The van der Waals surface area contributed by atoms with Gasteiger partial charge in [-0.1, -0.05) is 12.1 Å². The molecule has 1 unspecified atom stereocenters. The first kappa shape index (κ1) is 8.69. The Morgan fingerprint density at radius 3 is 3.08 bits per heavy atom. The van der Waals surface area contributed by atoms with E-state index in [0.717, 1.165) is 44.2 Å². The SMILES string of the molecule is CCc1noc(CC2CCOC2)n1. The molecule has 1 aliphatic rings. The molecule has 1 saturated heterocycles. The predicted octanol–water partition coefficient (Wildman–Crippen LogP) is 1.21. The van der Waals surface area contributed by atoms with Crippen molar-refractivity contribution in [2.75, 3.05) is 13.2 Å². The highest BCUT2D eigenvalue weighted by atomic mass is 16.5. The fourth-order valence-electron chi connectivity index (χ4n) is 1.51. The molecule has 72 valence electrons. The van der Waals surface area contributed by atoms with E-state index in [1.165, 1.54) is 0 Å². The quantitative estimate of drug-likeness (QED) is 0.705. The topological polar surface area (TPSA) is 48.2 Å². The minimum atomic E-state index is 0.574. The number of nitrogens with zero attached hydrogens (tertiary/aromatic N) is 2. The van der Waals surface area contributed by atoms with E-state index in [4.69, 9.17) is 9.26 Å². The summed E-state index contributed by atoms with van der Waals surface area (Å²) in [5.74, 6) is 2.13. The van der Waals surface area contributed by atoms with Gasteiger partial charge in [0, 0.05) is 26.1 Å². The molecule has 0 saturated carbocycles. The van der Waals surface area contributed by atoms with Crippen LogP contribution in [-0.4, -0.2) is 23.4 Å². The van der Waals surface area contributed by atoms with Gasteiger partial charge in [0.25, 0.3) is 0 Å². The third-order valence-corrected chi connectivity index (χ3v) is 2.31. The summed E-state index contributed by atoms with van der Waals surface area (Å²) in [7, 11) is 0. The van der Waals surface area contributed by atoms with Crippen LogP contribution >= 0.6 is 0 Å². The number of rotatable bonds is 3. The molecule has 1 aromatic rings. The van der Waals surface area contributed by atoms with Crippen molar-refractivity contribution in [1.29, 1.82) is 0 Å². The van der Waals surface area contributed by atoms with Crippen molar-refractivity contribution in [2.24, 2.45) is 5.92 Å². The number of ether oxygens (including phenoxy) is 1. The van der Waals surface area contributed by atoms with Crippen molar-refractivity contribution >= 4 is 0 Å². The second kappa shape index (κ2) is 3.87. The molecule has 1 aromatic heterocycles. The van der Waals surface area contributed by atoms with E-state index in [-0.39, 0.29) is 0 Å². The number of aromatic nitrogens is 2. The van der Waals surface area contributed by atoms with Gasteiger partial charge in [0.1, 0.15) is 0 Å². The van der Waals surface area contributed by atoms with Gasteiger partial charge in [-0.2, -0.15) is 4.98 Å². The highest BCUT2D eigenvalue weighted by Gasteiger charge is 2.18. The van der Waals surface area contributed by atoms with Crippen LogP contribution in [0.5, 0.6) is 0 Å². The Bertz CT molecular complexity index is 266. The van der Waals surface area contributed by atoms with Crippen molar-refractivity contribution in [3.8, 4) is 0 Å². The second-order valence-electron chi connectivity index (χ2n) is 3.39. The first-order valence-electron chi connectivity index (χ1n) is 4.77. The predicted molar refractivity (Wildman–Crippen MR) is 46.3 cm³/mol. The molecule has 1 atom stereocenters. The lowest BCUT2D eigenvalue weighted by atomic mass is 10.1. The van der Waals surface area contributed by atoms with Crippen LogP contribution in [0.25, 0.3) is 0 Å². The Balaban J connectivity index is 1.92. The van der Waals surface area contributed by atoms with Gasteiger partial charge in [-0.25, -0.2) is 0 Å². The van der Waals surface area contributed by atoms with Crippen molar-refractivity contribution in [1.82, 2.24) is 10.1 Å². The third kappa shape index (κ3) is 2.06. The van der Waals surface area contributed by atoms with Gasteiger partial charge in [-0.05, 0) is 12.3 Å². The van der Waals surface area contributed by atoms with Gasteiger partial charge >= 0.3 is 0 Å². The van der Waals surface area contributed by atoms with E-state index in [2.05, 4.69) is 10.1 Å². The van der Waals surface area contributed by atoms with E-state index < -0.39 is 0 Å². The summed E-state index contributed by atoms with van der Waals surface area (Å²) in [6.45, 7) is 3.73. The monoisotopic (exact) mass is 182 g/mol. The molecule has 0 aromatic carbocycles. The Kier molecular flexibility index (Phi) is 2.59. The highest BCUT2D eigenvalue weighted by Crippen LogP contribution is 2.17. The van der Waals surface area contributed by atoms with E-state index >= 15 is 0 Å². The molecule has 4 nitrogen and oxygen atoms in total. The molecule has 0 bridgehead atoms. The van der Waals surface area contributed by atoms with Crippen molar-refractivity contribution in [2.45, 2.75) is 26.2 Å². The summed E-state index contributed by atoms with van der Waals surface area (Å²) in [5, 5.41) is 3.85. The summed E-state index contributed by atoms with van der Waals surface area (Å²) < 4.78 is 10.4. The molecule has 4 heteroatoms. The maximum absolute atomic E-state index is 5.27. The molecular weight excluding hydrogens is 168 g/mol. The molecule has 1 aliphatic heterocycles. The fraction of sp³-hybridized carbons (Fsp3) is 0.778. The van der Waals surface area contributed by atoms with E-state index in [1.54, 1.807) is 0 Å². The Morgan fingerprint density at radius 1 is 1.54 bits per heavy atom. The molecule has 0 amide bonds. The van der Waals surface area contributed by atoms with Crippen LogP contribution in [-0.2, 0) is 17.6 Å². The fourth-order valence-corrected chi connectivity index (χ4v) is 1.51. The molecule has 2 rings (SSSR count). The number of hydrogen-bond acceptors (Lipinski definition) is 4. The van der Waals surface area contributed by atoms with Gasteiger partial charge in [0.05, 0.1) is 0 Å². The lowest BCUT2D eigenvalue weighted by Crippen LogP contribution is -2.03. The van der Waals surface area contributed by atoms with E-state index in [9.17, 15) is 0 Å². The molecule has 0 aliphatic carbocycles. The minimum absolute atomic E-state index is 0.574. The first-order valence-corrected chi connectivity index (χ1v) is 4.77. The molecule has 0 radical (unpaired) electrons. The smallest absolute Gasteiger partial charge is 0.227 e. The van der Waals surface area contributed by atoms with Crippen molar-refractivity contribution in [3.05, 3.63) is 11.7 Å². The van der Waals surface area contributed by atoms with Crippen molar-refractivity contribution < 1.29 is 9.26 Å². The zero-order valence-corrected chi connectivity index (χ0v) is 7.82. The maximum Gasteiger partial charge on any atom is 0.227 e. The molecule has 13 heavy (non-hydrogen) atoms. The Labute approximate surface area is 77.3 Å². The number of aryl methyl sites for hydroxylation is 1. The summed E-state index contributed by atoms with van der Waals surface area (Å²) in [5.41, 5.74) is 0. The average molecular weight is 182 g/mol. The van der Waals surface area contributed by atoms with Gasteiger partial charge < -0.3 is 9.26 Å². The van der Waals surface area contributed by atoms with E-state index in [0.29, 0.717) is 5.92 Å². The highest BCUT2D eigenvalue weighted by molar-refractivity contribution is 4.88. The van der Waals surface area contributed by atoms with Crippen LogP contribution in [0.15, 0.2) is 4.52 Å². The molecule has 2 heterocycles. The number of hydrogen-bond donors (Lipinski definition) is 0. The lowest BCUT2D eigenvalue weighted by molar-refractivity contribution is 0.183. The van der Waals surface area contributed by atoms with Gasteiger partial charge in [-0.15, -0.1) is 0 Å². The standard InChI is InChI=1S/C9H14N2O2/c1-2-8-10-9(13-11-8)5-7-3-4-12-6-7/h7H,2-6H2,1H3. The third-order valence-electron chi connectivity index (χ3n) is 2.31. The van der Waals surface area contributed by atoms with Crippen LogP contribution < -0.4 is 0 Å². The summed E-state index contributed by atoms with van der Waals surface area (Å²) >= 11 is 0. The molecule has 0 spiro atoms. The normalized spacial score (nSPS) is 22.4. The van der Waals surface area contributed by atoms with E-state index in [1.807, 2.05) is 6.92 Å². The van der Waals surface area contributed by atoms with Crippen LogP contribution in [0.4, 0.5) is 0 Å². The van der Waals surface area contributed by atoms with Crippen LogP contribution in [0, 0.1) is 5.92 Å². The van der Waals surface area contributed by atoms with Crippen LogP contribution in [0.3, 0.4) is 0 Å². The maximum atomic E-state index is 5.27. The van der Waals surface area contributed by atoms with Gasteiger partial charge in [0.15, 0.2) is 5.82 Å². The Hall–Kier alpha value is -0.900. The van der Waals surface area contributed by atoms with Crippen molar-refractivity contribution in [3.63, 3.8) is 0 Å². The largest absolute Gasteiger partial charge is 0.381 e. The van der Waals surface area contributed by atoms with Crippen LogP contribution in [0.1, 0.15) is 25.1 Å². The van der Waals surface area contributed by atoms with Gasteiger partial charge in [0.2, 0.25) is 5.89 Å².